The number of hydrogen-bond acceptors (Lipinski definition) is 8. The van der Waals surface area contributed by atoms with Gasteiger partial charge in [-0.05, 0) is 50.6 Å². The van der Waals surface area contributed by atoms with Gasteiger partial charge in [-0.2, -0.15) is 4.31 Å². The second-order valence-electron chi connectivity index (χ2n) is 6.95. The van der Waals surface area contributed by atoms with Crippen molar-refractivity contribution in [3.63, 3.8) is 0 Å². The van der Waals surface area contributed by atoms with Crippen LogP contribution in [0, 0.1) is 13.8 Å². The monoisotopic (exact) mass is 496 g/mol. The molecular weight excluding hydrogens is 468 g/mol. The summed E-state index contributed by atoms with van der Waals surface area (Å²) in [5.74, 6) is -1.93. The Kier molecular flexibility index (Phi) is 9.15. The van der Waals surface area contributed by atoms with Crippen LogP contribution in [0.25, 0.3) is 0 Å². The first-order valence-corrected chi connectivity index (χ1v) is 12.7. The Morgan fingerprint density at radius 2 is 1.58 bits per heavy atom. The van der Waals surface area contributed by atoms with Crippen molar-refractivity contribution in [2.75, 3.05) is 31.6 Å². The average Bonchev–Trinajstić information content (AvgIpc) is 3.05. The Balaban J connectivity index is 2.04. The fourth-order valence-corrected chi connectivity index (χ4v) is 5.54. The number of benzene rings is 1. The summed E-state index contributed by atoms with van der Waals surface area (Å²) in [5, 5.41) is 2.92. The number of aryl methyl sites for hydroxylation is 1. The molecular formula is C22H28N2O7S2. The third-order valence-electron chi connectivity index (χ3n) is 4.89. The van der Waals surface area contributed by atoms with Gasteiger partial charge in [0.05, 0.1) is 22.6 Å². The van der Waals surface area contributed by atoms with E-state index in [0.29, 0.717) is 23.7 Å². The van der Waals surface area contributed by atoms with Crippen LogP contribution < -0.4 is 5.32 Å². The number of rotatable bonds is 10. The van der Waals surface area contributed by atoms with Crippen LogP contribution in [0.1, 0.15) is 51.9 Å². The Bertz CT molecular complexity index is 1120. The topological polar surface area (TPSA) is 119 Å². The van der Waals surface area contributed by atoms with E-state index in [1.807, 2.05) is 6.92 Å². The number of nitrogens with one attached hydrogen (secondary N) is 1. The minimum Gasteiger partial charge on any atom is -0.462 e. The normalized spacial score (nSPS) is 11.3. The van der Waals surface area contributed by atoms with E-state index in [-0.39, 0.29) is 22.6 Å². The smallest absolute Gasteiger partial charge is 0.341 e. The van der Waals surface area contributed by atoms with Crippen molar-refractivity contribution < 1.29 is 32.3 Å². The van der Waals surface area contributed by atoms with Gasteiger partial charge < -0.3 is 14.8 Å². The molecule has 0 saturated carbocycles. The first kappa shape index (κ1) is 26.5. The molecule has 0 aliphatic carbocycles. The Labute approximate surface area is 197 Å². The van der Waals surface area contributed by atoms with Gasteiger partial charge in [0.25, 0.3) is 5.91 Å². The second kappa shape index (κ2) is 11.4. The highest BCUT2D eigenvalue weighted by Crippen LogP contribution is 2.33. The van der Waals surface area contributed by atoms with Crippen molar-refractivity contribution >= 4 is 44.2 Å². The second-order valence-corrected chi connectivity index (χ2v) is 10.1. The lowest BCUT2D eigenvalue weighted by Gasteiger charge is -2.18. The standard InChI is InChI=1S/C22H28N2O7S2/c1-6-24(7-2)33(28,29)17-11-9-16(10-12-17)21(26)31-13-18(25)23-20-19(22(27)30-8-3)14(4)15(5)32-20/h9-12H,6-8,13H2,1-5H3,(H,23,25). The van der Waals surface area contributed by atoms with Crippen molar-refractivity contribution in [2.24, 2.45) is 0 Å². The van der Waals surface area contributed by atoms with Gasteiger partial charge in [-0.1, -0.05) is 13.8 Å². The summed E-state index contributed by atoms with van der Waals surface area (Å²) >= 11 is 1.23. The van der Waals surface area contributed by atoms with Crippen LogP contribution in [0.2, 0.25) is 0 Å². The maximum atomic E-state index is 12.5. The zero-order chi connectivity index (χ0) is 24.8. The van der Waals surface area contributed by atoms with Crippen molar-refractivity contribution in [3.05, 3.63) is 45.8 Å². The molecule has 1 aromatic heterocycles. The molecule has 0 fully saturated rings. The molecule has 0 atom stereocenters. The highest BCUT2D eigenvalue weighted by molar-refractivity contribution is 7.89. The Morgan fingerprint density at radius 1 is 0.970 bits per heavy atom. The summed E-state index contributed by atoms with van der Waals surface area (Å²) in [7, 11) is -3.64. The number of sulfonamides is 1. The number of esters is 2. The van der Waals surface area contributed by atoms with Crippen LogP contribution in [0.5, 0.6) is 0 Å². The van der Waals surface area contributed by atoms with Crippen molar-refractivity contribution in [1.82, 2.24) is 4.31 Å². The third kappa shape index (κ3) is 6.18. The summed E-state index contributed by atoms with van der Waals surface area (Å²) in [5.41, 5.74) is 1.10. The Morgan fingerprint density at radius 3 is 2.12 bits per heavy atom. The van der Waals surface area contributed by atoms with Gasteiger partial charge in [-0.15, -0.1) is 11.3 Å². The molecule has 1 aromatic carbocycles. The molecule has 0 spiro atoms. The van der Waals surface area contributed by atoms with Gasteiger partial charge in [0.15, 0.2) is 6.61 Å². The SMILES string of the molecule is CCOC(=O)c1c(NC(=O)COC(=O)c2ccc(S(=O)(=O)N(CC)CC)cc2)sc(C)c1C. The zero-order valence-corrected chi connectivity index (χ0v) is 20.9. The van der Waals surface area contributed by atoms with E-state index in [9.17, 15) is 22.8 Å². The number of amides is 1. The Hall–Kier alpha value is -2.76. The van der Waals surface area contributed by atoms with E-state index in [4.69, 9.17) is 9.47 Å². The van der Waals surface area contributed by atoms with Crippen molar-refractivity contribution in [3.8, 4) is 0 Å². The quantitative estimate of drug-likeness (QED) is 0.501. The summed E-state index contributed by atoms with van der Waals surface area (Å²) in [6, 6.07) is 5.32. The van der Waals surface area contributed by atoms with E-state index in [2.05, 4.69) is 5.32 Å². The number of nitrogens with zero attached hydrogens (tertiary/aromatic N) is 1. The molecule has 11 heteroatoms. The van der Waals surface area contributed by atoms with Gasteiger partial charge in [0.2, 0.25) is 10.0 Å². The maximum Gasteiger partial charge on any atom is 0.341 e. The lowest BCUT2D eigenvalue weighted by molar-refractivity contribution is -0.119. The zero-order valence-electron chi connectivity index (χ0n) is 19.3. The molecule has 1 amide bonds. The minimum atomic E-state index is -3.64. The summed E-state index contributed by atoms with van der Waals surface area (Å²) in [6.45, 7) is 9.05. The first-order valence-electron chi connectivity index (χ1n) is 10.4. The van der Waals surface area contributed by atoms with Gasteiger partial charge >= 0.3 is 11.9 Å². The van der Waals surface area contributed by atoms with Crippen LogP contribution >= 0.6 is 11.3 Å². The number of carbonyl (C=O) groups excluding carboxylic acids is 3. The average molecular weight is 497 g/mol. The number of anilines is 1. The lowest BCUT2D eigenvalue weighted by atomic mass is 10.1. The van der Waals surface area contributed by atoms with Crippen molar-refractivity contribution in [1.29, 1.82) is 0 Å². The molecule has 1 heterocycles. The molecule has 33 heavy (non-hydrogen) atoms. The van der Waals surface area contributed by atoms with Gasteiger partial charge in [0, 0.05) is 18.0 Å². The number of thiophene rings is 1. The van der Waals surface area contributed by atoms with Crippen LogP contribution in [0.15, 0.2) is 29.2 Å². The number of hydrogen-bond donors (Lipinski definition) is 1. The van der Waals surface area contributed by atoms with Crippen LogP contribution in [0.3, 0.4) is 0 Å². The predicted molar refractivity (Wildman–Crippen MR) is 125 cm³/mol. The highest BCUT2D eigenvalue weighted by atomic mass is 32.2. The summed E-state index contributed by atoms with van der Waals surface area (Å²) < 4.78 is 36.5. The lowest BCUT2D eigenvalue weighted by Crippen LogP contribution is -2.30. The first-order chi connectivity index (χ1) is 15.6. The minimum absolute atomic E-state index is 0.0652. The maximum absolute atomic E-state index is 12.5. The fourth-order valence-electron chi connectivity index (χ4n) is 3.02. The van der Waals surface area contributed by atoms with Crippen LogP contribution in [-0.2, 0) is 24.3 Å². The summed E-state index contributed by atoms with van der Waals surface area (Å²) in [6.07, 6.45) is 0. The molecule has 0 saturated heterocycles. The fraction of sp³-hybridized carbons (Fsp3) is 0.409. The molecule has 2 aromatic rings. The van der Waals surface area contributed by atoms with Gasteiger partial charge in [-0.3, -0.25) is 4.79 Å². The number of carbonyl (C=O) groups is 3. The van der Waals surface area contributed by atoms with Crippen LogP contribution in [-0.4, -0.2) is 56.9 Å². The molecule has 0 radical (unpaired) electrons. The number of ether oxygens (including phenoxy) is 2. The molecule has 0 aliphatic heterocycles. The van der Waals surface area contributed by atoms with E-state index in [1.54, 1.807) is 27.7 Å². The molecule has 0 aliphatic rings. The van der Waals surface area contributed by atoms with E-state index in [1.165, 1.54) is 39.9 Å². The third-order valence-corrected chi connectivity index (χ3v) is 8.07. The molecule has 0 bridgehead atoms. The molecule has 180 valence electrons. The van der Waals surface area contributed by atoms with E-state index >= 15 is 0 Å². The van der Waals surface area contributed by atoms with E-state index < -0.39 is 34.5 Å². The predicted octanol–water partition coefficient (Wildman–Crippen LogP) is 3.37. The van der Waals surface area contributed by atoms with Gasteiger partial charge in [0.1, 0.15) is 5.00 Å². The van der Waals surface area contributed by atoms with Crippen molar-refractivity contribution in [2.45, 2.75) is 39.5 Å². The van der Waals surface area contributed by atoms with Crippen LogP contribution in [0.4, 0.5) is 5.00 Å². The molecule has 9 nitrogen and oxygen atoms in total. The molecule has 2 rings (SSSR count). The highest BCUT2D eigenvalue weighted by Gasteiger charge is 2.24. The molecule has 0 unspecified atom stereocenters. The largest absolute Gasteiger partial charge is 0.462 e. The van der Waals surface area contributed by atoms with Gasteiger partial charge in [-0.25, -0.2) is 18.0 Å². The van der Waals surface area contributed by atoms with E-state index in [0.717, 1.165) is 4.88 Å². The molecule has 1 N–H and O–H groups in total. The summed E-state index contributed by atoms with van der Waals surface area (Å²) in [4.78, 5) is 37.7.